The van der Waals surface area contributed by atoms with Gasteiger partial charge in [0, 0.05) is 10.6 Å². The molecule has 0 radical (unpaired) electrons. The van der Waals surface area contributed by atoms with Crippen LogP contribution in [0.5, 0.6) is 5.75 Å². The van der Waals surface area contributed by atoms with Gasteiger partial charge in [-0.3, -0.25) is 4.79 Å². The van der Waals surface area contributed by atoms with Crippen molar-refractivity contribution in [2.75, 3.05) is 13.2 Å². The summed E-state index contributed by atoms with van der Waals surface area (Å²) in [7, 11) is 0. The third-order valence-corrected chi connectivity index (χ3v) is 3.25. The topological polar surface area (TPSA) is 38.3 Å². The van der Waals surface area contributed by atoms with Gasteiger partial charge in [-0.25, -0.2) is 0 Å². The van der Waals surface area contributed by atoms with Crippen LogP contribution in [-0.2, 0) is 0 Å². The van der Waals surface area contributed by atoms with Crippen LogP contribution < -0.4 is 10.1 Å². The molecule has 0 aromatic heterocycles. The van der Waals surface area contributed by atoms with Crippen molar-refractivity contribution in [3.05, 3.63) is 64.7 Å². The normalized spacial score (nSPS) is 10.1. The highest BCUT2D eigenvalue weighted by Gasteiger charge is 2.03. The lowest BCUT2D eigenvalue weighted by Crippen LogP contribution is -2.28. The second-order valence-corrected chi connectivity index (χ2v) is 4.79. The van der Waals surface area contributed by atoms with E-state index in [0.29, 0.717) is 18.7 Å². The average molecular weight is 290 g/mol. The van der Waals surface area contributed by atoms with E-state index in [2.05, 4.69) is 5.32 Å². The van der Waals surface area contributed by atoms with E-state index in [-0.39, 0.29) is 5.91 Å². The van der Waals surface area contributed by atoms with Gasteiger partial charge >= 0.3 is 0 Å². The van der Waals surface area contributed by atoms with Crippen LogP contribution >= 0.6 is 11.6 Å². The Morgan fingerprint density at radius 1 is 1.20 bits per heavy atom. The van der Waals surface area contributed by atoms with Crippen LogP contribution in [0.1, 0.15) is 15.9 Å². The van der Waals surface area contributed by atoms with Crippen LogP contribution in [0.3, 0.4) is 0 Å². The van der Waals surface area contributed by atoms with E-state index in [1.165, 1.54) is 0 Å². The van der Waals surface area contributed by atoms with Crippen molar-refractivity contribution in [3.8, 4) is 5.75 Å². The Balaban J connectivity index is 1.76. The van der Waals surface area contributed by atoms with Crippen LogP contribution in [0.2, 0.25) is 5.02 Å². The fourth-order valence-electron chi connectivity index (χ4n) is 1.73. The van der Waals surface area contributed by atoms with Crippen molar-refractivity contribution < 1.29 is 9.53 Å². The van der Waals surface area contributed by atoms with Crippen molar-refractivity contribution in [1.29, 1.82) is 0 Å². The molecule has 2 aromatic rings. The molecule has 0 aliphatic heterocycles. The molecule has 0 saturated carbocycles. The molecule has 1 N–H and O–H groups in total. The molecule has 0 unspecified atom stereocenters. The molecule has 0 fully saturated rings. The minimum Gasteiger partial charge on any atom is -0.492 e. The summed E-state index contributed by atoms with van der Waals surface area (Å²) in [4.78, 5) is 11.8. The van der Waals surface area contributed by atoms with Gasteiger partial charge in [-0.2, -0.15) is 0 Å². The van der Waals surface area contributed by atoms with Crippen molar-refractivity contribution in [3.63, 3.8) is 0 Å². The second kappa shape index (κ2) is 6.96. The number of amides is 1. The lowest BCUT2D eigenvalue weighted by atomic mass is 10.2. The summed E-state index contributed by atoms with van der Waals surface area (Å²) in [6, 6.07) is 14.6. The predicted octanol–water partition coefficient (Wildman–Crippen LogP) is 3.46. The highest BCUT2D eigenvalue weighted by atomic mass is 35.5. The number of hydrogen-bond acceptors (Lipinski definition) is 2. The summed E-state index contributed by atoms with van der Waals surface area (Å²) in [5, 5.41) is 3.52. The molecular weight excluding hydrogens is 274 g/mol. The summed E-state index contributed by atoms with van der Waals surface area (Å²) >= 11 is 5.94. The minimum atomic E-state index is -0.0958. The zero-order valence-corrected chi connectivity index (χ0v) is 12.0. The zero-order chi connectivity index (χ0) is 14.4. The number of halogens is 1. The maximum absolute atomic E-state index is 11.8. The average Bonchev–Trinajstić information content (AvgIpc) is 2.48. The molecule has 20 heavy (non-hydrogen) atoms. The first-order chi connectivity index (χ1) is 9.66. The molecule has 2 aromatic carbocycles. The van der Waals surface area contributed by atoms with Gasteiger partial charge < -0.3 is 10.1 Å². The SMILES string of the molecule is Cc1cc(OCCNC(=O)c2ccccc2)ccc1Cl. The number of carbonyl (C=O) groups excluding carboxylic acids is 1. The molecule has 0 spiro atoms. The molecule has 4 heteroatoms. The van der Waals surface area contributed by atoms with E-state index in [1.807, 2.05) is 37.3 Å². The highest BCUT2D eigenvalue weighted by Crippen LogP contribution is 2.20. The van der Waals surface area contributed by atoms with E-state index in [4.69, 9.17) is 16.3 Å². The largest absolute Gasteiger partial charge is 0.492 e. The molecule has 3 nitrogen and oxygen atoms in total. The standard InChI is InChI=1S/C16H16ClNO2/c1-12-11-14(7-8-15(12)17)20-10-9-18-16(19)13-5-3-2-4-6-13/h2-8,11H,9-10H2,1H3,(H,18,19). The molecule has 0 aliphatic rings. The fraction of sp³-hybridized carbons (Fsp3) is 0.188. The van der Waals surface area contributed by atoms with Crippen LogP contribution in [0.25, 0.3) is 0 Å². The van der Waals surface area contributed by atoms with Gasteiger partial charge in [0.1, 0.15) is 12.4 Å². The number of carbonyl (C=O) groups is 1. The van der Waals surface area contributed by atoms with Gasteiger partial charge in [0.2, 0.25) is 0 Å². The molecule has 0 aliphatic carbocycles. The van der Waals surface area contributed by atoms with Crippen molar-refractivity contribution in [2.24, 2.45) is 0 Å². The lowest BCUT2D eigenvalue weighted by Gasteiger charge is -2.09. The van der Waals surface area contributed by atoms with E-state index in [0.717, 1.165) is 16.3 Å². The molecular formula is C16H16ClNO2. The number of aryl methyl sites for hydroxylation is 1. The second-order valence-electron chi connectivity index (χ2n) is 4.38. The first-order valence-electron chi connectivity index (χ1n) is 6.39. The molecule has 104 valence electrons. The molecule has 0 bridgehead atoms. The quantitative estimate of drug-likeness (QED) is 0.856. The van der Waals surface area contributed by atoms with Crippen LogP contribution in [-0.4, -0.2) is 19.1 Å². The van der Waals surface area contributed by atoms with Gasteiger partial charge in [0.25, 0.3) is 5.91 Å². The molecule has 0 saturated heterocycles. The molecule has 2 rings (SSSR count). The number of rotatable bonds is 5. The number of hydrogen-bond donors (Lipinski definition) is 1. The molecule has 0 atom stereocenters. The zero-order valence-electron chi connectivity index (χ0n) is 11.2. The Kier molecular flexibility index (Phi) is 5.02. The first kappa shape index (κ1) is 14.4. The van der Waals surface area contributed by atoms with Crippen LogP contribution in [0.4, 0.5) is 0 Å². The minimum absolute atomic E-state index is 0.0958. The maximum Gasteiger partial charge on any atom is 0.251 e. The van der Waals surface area contributed by atoms with Gasteiger partial charge in [-0.05, 0) is 42.8 Å². The molecule has 1 amide bonds. The maximum atomic E-state index is 11.8. The fourth-order valence-corrected chi connectivity index (χ4v) is 1.85. The predicted molar refractivity (Wildman–Crippen MR) is 80.5 cm³/mol. The first-order valence-corrected chi connectivity index (χ1v) is 6.77. The smallest absolute Gasteiger partial charge is 0.251 e. The van der Waals surface area contributed by atoms with Crippen molar-refractivity contribution in [1.82, 2.24) is 5.32 Å². The Bertz CT molecular complexity index is 584. The van der Waals surface area contributed by atoms with Crippen molar-refractivity contribution >= 4 is 17.5 Å². The number of benzene rings is 2. The Morgan fingerprint density at radius 2 is 1.95 bits per heavy atom. The summed E-state index contributed by atoms with van der Waals surface area (Å²) in [6.45, 7) is 2.79. The van der Waals surface area contributed by atoms with E-state index in [9.17, 15) is 4.79 Å². The van der Waals surface area contributed by atoms with E-state index in [1.54, 1.807) is 18.2 Å². The Labute approximate surface area is 123 Å². The van der Waals surface area contributed by atoms with E-state index >= 15 is 0 Å². The molecule has 0 heterocycles. The summed E-state index contributed by atoms with van der Waals surface area (Å²) < 4.78 is 5.55. The van der Waals surface area contributed by atoms with Gasteiger partial charge in [0.15, 0.2) is 0 Å². The highest BCUT2D eigenvalue weighted by molar-refractivity contribution is 6.31. The third-order valence-electron chi connectivity index (χ3n) is 2.82. The Hall–Kier alpha value is -2.00. The number of nitrogens with one attached hydrogen (secondary N) is 1. The van der Waals surface area contributed by atoms with E-state index < -0.39 is 0 Å². The summed E-state index contributed by atoms with van der Waals surface area (Å²) in [5.74, 6) is 0.655. The summed E-state index contributed by atoms with van der Waals surface area (Å²) in [5.41, 5.74) is 1.62. The Morgan fingerprint density at radius 3 is 2.65 bits per heavy atom. The van der Waals surface area contributed by atoms with Crippen molar-refractivity contribution in [2.45, 2.75) is 6.92 Å². The van der Waals surface area contributed by atoms with Gasteiger partial charge in [-0.15, -0.1) is 0 Å². The third kappa shape index (κ3) is 4.00. The van der Waals surface area contributed by atoms with Gasteiger partial charge in [-0.1, -0.05) is 29.8 Å². The lowest BCUT2D eigenvalue weighted by molar-refractivity contribution is 0.0947. The monoisotopic (exact) mass is 289 g/mol. The number of ether oxygens (including phenoxy) is 1. The van der Waals surface area contributed by atoms with Crippen LogP contribution in [0, 0.1) is 6.92 Å². The van der Waals surface area contributed by atoms with Crippen LogP contribution in [0.15, 0.2) is 48.5 Å². The van der Waals surface area contributed by atoms with Gasteiger partial charge in [0.05, 0.1) is 6.54 Å². The summed E-state index contributed by atoms with van der Waals surface area (Å²) in [6.07, 6.45) is 0.